The van der Waals surface area contributed by atoms with Gasteiger partial charge >= 0.3 is 11.8 Å². The summed E-state index contributed by atoms with van der Waals surface area (Å²) in [6.07, 6.45) is 1.48. The highest BCUT2D eigenvalue weighted by Crippen LogP contribution is 2.20. The van der Waals surface area contributed by atoms with E-state index in [9.17, 15) is 20.0 Å². The molecule has 0 spiro atoms. The van der Waals surface area contributed by atoms with Gasteiger partial charge in [-0.3, -0.25) is 4.79 Å². The number of aromatic nitrogens is 2. The van der Waals surface area contributed by atoms with Gasteiger partial charge < -0.3 is 15.2 Å². The molecule has 104 valence electrons. The summed E-state index contributed by atoms with van der Waals surface area (Å²) in [4.78, 5) is 21.5. The van der Waals surface area contributed by atoms with E-state index in [2.05, 4.69) is 5.10 Å². The van der Waals surface area contributed by atoms with Crippen molar-refractivity contribution in [2.24, 2.45) is 0 Å². The van der Waals surface area contributed by atoms with Crippen LogP contribution in [0.15, 0.2) is 36.5 Å². The summed E-state index contributed by atoms with van der Waals surface area (Å²) < 4.78 is 1.30. The minimum Gasteiger partial charge on any atom is -0.481 e. The van der Waals surface area contributed by atoms with Crippen LogP contribution in [-0.4, -0.2) is 25.8 Å². The Morgan fingerprint density at radius 1 is 1.45 bits per heavy atom. The fourth-order valence-electron chi connectivity index (χ4n) is 1.98. The predicted molar refractivity (Wildman–Crippen MR) is 70.4 cm³/mol. The molecule has 1 atom stereocenters. The monoisotopic (exact) mass is 275 g/mol. The summed E-state index contributed by atoms with van der Waals surface area (Å²) in [6.45, 7) is 1.62. The van der Waals surface area contributed by atoms with E-state index in [1.54, 1.807) is 37.3 Å². The minimum absolute atomic E-state index is 0.0496. The number of aryl methyl sites for hydroxylation is 1. The molecule has 0 saturated carbocycles. The molecule has 1 heterocycles. The maximum Gasteiger partial charge on any atom is 0.392 e. The molecule has 2 rings (SSSR count). The first-order chi connectivity index (χ1) is 9.49. The lowest BCUT2D eigenvalue weighted by Crippen LogP contribution is -2.18. The van der Waals surface area contributed by atoms with Crippen molar-refractivity contribution < 1.29 is 14.8 Å². The van der Waals surface area contributed by atoms with Crippen LogP contribution in [0.5, 0.6) is 0 Å². The third-order valence-electron chi connectivity index (χ3n) is 2.96. The summed E-state index contributed by atoms with van der Waals surface area (Å²) in [5.74, 6) is -2.04. The zero-order valence-corrected chi connectivity index (χ0v) is 10.8. The second kappa shape index (κ2) is 5.52. The van der Waals surface area contributed by atoms with Crippen LogP contribution >= 0.6 is 0 Å². The Labute approximate surface area is 114 Å². The van der Waals surface area contributed by atoms with Crippen molar-refractivity contribution in [3.05, 3.63) is 57.8 Å². The number of benzene rings is 1. The molecule has 0 aliphatic carbocycles. The van der Waals surface area contributed by atoms with Crippen LogP contribution in [0.4, 0.5) is 5.82 Å². The number of carbonyl (C=O) groups is 1. The van der Waals surface area contributed by atoms with Crippen molar-refractivity contribution in [2.75, 3.05) is 0 Å². The normalized spacial score (nSPS) is 12.1. The van der Waals surface area contributed by atoms with E-state index in [-0.39, 0.29) is 12.4 Å². The topological polar surface area (TPSA) is 98.3 Å². The van der Waals surface area contributed by atoms with Gasteiger partial charge in [-0.25, -0.2) is 0 Å². The number of nitro groups is 1. The van der Waals surface area contributed by atoms with Crippen LogP contribution in [0.2, 0.25) is 0 Å². The molecule has 0 amide bonds. The molecule has 0 fully saturated rings. The lowest BCUT2D eigenvalue weighted by molar-refractivity contribution is -0.390. The molecular formula is C13H13N3O4. The van der Waals surface area contributed by atoms with E-state index in [4.69, 9.17) is 0 Å². The fourth-order valence-corrected chi connectivity index (χ4v) is 1.98. The molecule has 1 aromatic heterocycles. The van der Waals surface area contributed by atoms with Crippen molar-refractivity contribution in [3.63, 3.8) is 0 Å². The summed E-state index contributed by atoms with van der Waals surface area (Å²) in [7, 11) is 0. The summed E-state index contributed by atoms with van der Waals surface area (Å²) in [6, 6.07) is 8.72. The van der Waals surface area contributed by atoms with Gasteiger partial charge in [0.1, 0.15) is 5.92 Å². The summed E-state index contributed by atoms with van der Waals surface area (Å²) >= 11 is 0. The molecule has 1 aromatic carbocycles. The Balaban J connectivity index is 2.28. The second-order valence-corrected chi connectivity index (χ2v) is 4.42. The molecule has 20 heavy (non-hydrogen) atoms. The SMILES string of the molecule is Cc1cn(CC(C(=O)O)c2ccccc2)nc1[N+](=O)[O-]. The van der Waals surface area contributed by atoms with E-state index >= 15 is 0 Å². The van der Waals surface area contributed by atoms with Gasteiger partial charge in [-0.15, -0.1) is 0 Å². The molecule has 7 heteroatoms. The van der Waals surface area contributed by atoms with Crippen LogP contribution in [-0.2, 0) is 11.3 Å². The minimum atomic E-state index is -0.994. The van der Waals surface area contributed by atoms with Crippen molar-refractivity contribution in [1.82, 2.24) is 9.78 Å². The Morgan fingerprint density at radius 3 is 2.60 bits per heavy atom. The maximum atomic E-state index is 11.4. The lowest BCUT2D eigenvalue weighted by atomic mass is 9.99. The van der Waals surface area contributed by atoms with Crippen molar-refractivity contribution in [2.45, 2.75) is 19.4 Å². The molecule has 0 aliphatic rings. The van der Waals surface area contributed by atoms with Gasteiger partial charge in [0.25, 0.3) is 0 Å². The standard InChI is InChI=1S/C13H13N3O4/c1-9-7-15(14-12(9)16(19)20)8-11(13(17)18)10-5-3-2-4-6-10/h2-7,11H,8H2,1H3,(H,17,18). The molecule has 0 bridgehead atoms. The number of rotatable bonds is 5. The smallest absolute Gasteiger partial charge is 0.392 e. The van der Waals surface area contributed by atoms with Gasteiger partial charge in [0.2, 0.25) is 0 Å². The Bertz CT molecular complexity index is 636. The Kier molecular flexibility index (Phi) is 3.79. The molecule has 1 unspecified atom stereocenters. The van der Waals surface area contributed by atoms with Gasteiger partial charge in [0.05, 0.1) is 23.4 Å². The number of carboxylic acid groups (broad SMARTS) is 1. The molecule has 7 nitrogen and oxygen atoms in total. The quantitative estimate of drug-likeness (QED) is 0.664. The first-order valence-corrected chi connectivity index (χ1v) is 5.95. The van der Waals surface area contributed by atoms with Crippen molar-refractivity contribution in [3.8, 4) is 0 Å². The van der Waals surface area contributed by atoms with Crippen molar-refractivity contribution >= 4 is 11.8 Å². The number of carboxylic acids is 1. The average Bonchev–Trinajstić information content (AvgIpc) is 2.78. The van der Waals surface area contributed by atoms with Crippen molar-refractivity contribution in [1.29, 1.82) is 0 Å². The highest BCUT2D eigenvalue weighted by molar-refractivity contribution is 5.75. The maximum absolute atomic E-state index is 11.4. The van der Waals surface area contributed by atoms with Crippen LogP contribution in [0.25, 0.3) is 0 Å². The number of hydrogen-bond donors (Lipinski definition) is 1. The van der Waals surface area contributed by atoms with E-state index in [1.165, 1.54) is 10.9 Å². The number of nitrogens with zero attached hydrogens (tertiary/aromatic N) is 3. The van der Waals surface area contributed by atoms with E-state index < -0.39 is 16.8 Å². The molecular weight excluding hydrogens is 262 g/mol. The van der Waals surface area contributed by atoms with Crippen LogP contribution < -0.4 is 0 Å². The highest BCUT2D eigenvalue weighted by atomic mass is 16.6. The van der Waals surface area contributed by atoms with E-state index in [1.807, 2.05) is 0 Å². The second-order valence-electron chi connectivity index (χ2n) is 4.42. The third kappa shape index (κ3) is 2.82. The Morgan fingerprint density at radius 2 is 2.10 bits per heavy atom. The zero-order valence-electron chi connectivity index (χ0n) is 10.8. The number of aliphatic carboxylic acids is 1. The van der Waals surface area contributed by atoms with Gasteiger partial charge in [-0.2, -0.15) is 4.68 Å². The van der Waals surface area contributed by atoms with Crippen LogP contribution in [0.1, 0.15) is 17.0 Å². The predicted octanol–water partition coefficient (Wildman–Crippen LogP) is 1.97. The van der Waals surface area contributed by atoms with Gasteiger partial charge in [-0.05, 0) is 17.4 Å². The average molecular weight is 275 g/mol. The zero-order chi connectivity index (χ0) is 14.7. The summed E-state index contributed by atoms with van der Waals surface area (Å²) in [5.41, 5.74) is 1.04. The Hall–Kier alpha value is -2.70. The van der Waals surface area contributed by atoms with Gasteiger partial charge in [0, 0.05) is 0 Å². The van der Waals surface area contributed by atoms with Gasteiger partial charge in [-0.1, -0.05) is 30.3 Å². The molecule has 0 radical (unpaired) electrons. The molecule has 0 aliphatic heterocycles. The first-order valence-electron chi connectivity index (χ1n) is 5.95. The van der Waals surface area contributed by atoms with Gasteiger partial charge in [0.15, 0.2) is 0 Å². The lowest BCUT2D eigenvalue weighted by Gasteiger charge is -2.10. The first kappa shape index (κ1) is 13.7. The largest absolute Gasteiger partial charge is 0.481 e. The fraction of sp³-hybridized carbons (Fsp3) is 0.231. The highest BCUT2D eigenvalue weighted by Gasteiger charge is 2.24. The molecule has 0 saturated heterocycles. The van der Waals surface area contributed by atoms with Crippen LogP contribution in [0, 0.1) is 17.0 Å². The number of hydrogen-bond acceptors (Lipinski definition) is 4. The molecule has 1 N–H and O–H groups in total. The van der Waals surface area contributed by atoms with Crippen LogP contribution in [0.3, 0.4) is 0 Å². The molecule has 2 aromatic rings. The van der Waals surface area contributed by atoms with E-state index in [0.29, 0.717) is 11.1 Å². The summed E-state index contributed by atoms with van der Waals surface area (Å²) in [5, 5.41) is 23.8. The van der Waals surface area contributed by atoms with E-state index in [0.717, 1.165) is 0 Å². The third-order valence-corrected chi connectivity index (χ3v) is 2.96.